The van der Waals surface area contributed by atoms with E-state index in [9.17, 15) is 0 Å². The molecule has 0 aromatic carbocycles. The highest BCUT2D eigenvalue weighted by atomic mass is 14.1. The standard InChI is InChI=1S/C13H27/c1-4-7-9-10-12-13(6-3)11-8-5-2/h13H,2,4-12H2,1,3H3. The van der Waals surface area contributed by atoms with E-state index in [1.807, 2.05) is 0 Å². The van der Waals surface area contributed by atoms with Crippen LogP contribution in [0, 0.1) is 12.8 Å². The van der Waals surface area contributed by atoms with E-state index in [-0.39, 0.29) is 0 Å². The lowest BCUT2D eigenvalue weighted by atomic mass is 9.93. The van der Waals surface area contributed by atoms with Crippen LogP contribution in [0.5, 0.6) is 0 Å². The fourth-order valence-corrected chi connectivity index (χ4v) is 1.85. The quantitative estimate of drug-likeness (QED) is 0.442. The van der Waals surface area contributed by atoms with Gasteiger partial charge in [0.15, 0.2) is 0 Å². The predicted octanol–water partition coefficient (Wildman–Crippen LogP) is 4.99. The molecule has 0 spiro atoms. The van der Waals surface area contributed by atoms with Gasteiger partial charge < -0.3 is 0 Å². The molecule has 0 N–H and O–H groups in total. The Kier molecular flexibility index (Phi) is 10.1. The molecule has 1 radical (unpaired) electrons. The summed E-state index contributed by atoms with van der Waals surface area (Å²) >= 11 is 0. The van der Waals surface area contributed by atoms with E-state index >= 15 is 0 Å². The van der Waals surface area contributed by atoms with Crippen molar-refractivity contribution >= 4 is 0 Å². The van der Waals surface area contributed by atoms with Crippen molar-refractivity contribution in [1.82, 2.24) is 0 Å². The Bertz CT molecular complexity index is 86.0. The van der Waals surface area contributed by atoms with Gasteiger partial charge in [0.25, 0.3) is 0 Å². The van der Waals surface area contributed by atoms with Crippen LogP contribution in [0.2, 0.25) is 0 Å². The Hall–Kier alpha value is 0. The minimum atomic E-state index is 0.985. The average Bonchev–Trinajstić information content (AvgIpc) is 2.17. The molecular formula is C13H27. The molecule has 0 aliphatic heterocycles. The minimum absolute atomic E-state index is 0.985. The fourth-order valence-electron chi connectivity index (χ4n) is 1.85. The molecule has 0 aliphatic rings. The van der Waals surface area contributed by atoms with Gasteiger partial charge in [-0.2, -0.15) is 0 Å². The average molecular weight is 183 g/mol. The second-order valence-electron chi connectivity index (χ2n) is 4.12. The lowest BCUT2D eigenvalue weighted by molar-refractivity contribution is 0.404. The van der Waals surface area contributed by atoms with Crippen LogP contribution in [0.3, 0.4) is 0 Å². The molecule has 0 heteroatoms. The van der Waals surface area contributed by atoms with Crippen LogP contribution in [-0.4, -0.2) is 0 Å². The summed E-state index contributed by atoms with van der Waals surface area (Å²) in [6, 6.07) is 0. The highest BCUT2D eigenvalue weighted by Gasteiger charge is 2.04. The van der Waals surface area contributed by atoms with Crippen molar-refractivity contribution in [2.24, 2.45) is 5.92 Å². The SMILES string of the molecule is [CH2]CCCC(CC)CCCCCC. The summed E-state index contributed by atoms with van der Waals surface area (Å²) in [5.41, 5.74) is 0. The number of hydrogen-bond acceptors (Lipinski definition) is 0. The van der Waals surface area contributed by atoms with Gasteiger partial charge in [-0.3, -0.25) is 0 Å². The van der Waals surface area contributed by atoms with E-state index in [1.54, 1.807) is 0 Å². The Morgan fingerprint density at radius 2 is 1.62 bits per heavy atom. The summed E-state index contributed by atoms with van der Waals surface area (Å²) in [4.78, 5) is 0. The molecule has 0 rings (SSSR count). The van der Waals surface area contributed by atoms with Gasteiger partial charge in [0.1, 0.15) is 0 Å². The van der Waals surface area contributed by atoms with Gasteiger partial charge in [-0.15, -0.1) is 0 Å². The molecule has 79 valence electrons. The molecule has 0 nitrogen and oxygen atoms in total. The van der Waals surface area contributed by atoms with Crippen LogP contribution in [0.25, 0.3) is 0 Å². The third-order valence-corrected chi connectivity index (χ3v) is 2.91. The lowest BCUT2D eigenvalue weighted by Gasteiger charge is -2.13. The first kappa shape index (κ1) is 13.0. The largest absolute Gasteiger partial charge is 0.0654 e. The monoisotopic (exact) mass is 183 g/mol. The van der Waals surface area contributed by atoms with E-state index in [4.69, 9.17) is 0 Å². The molecule has 1 unspecified atom stereocenters. The lowest BCUT2D eigenvalue weighted by Crippen LogP contribution is -1.98. The van der Waals surface area contributed by atoms with Crippen molar-refractivity contribution in [3.05, 3.63) is 6.92 Å². The molecule has 1 atom stereocenters. The summed E-state index contributed by atoms with van der Waals surface area (Å²) in [6.45, 7) is 8.51. The van der Waals surface area contributed by atoms with Gasteiger partial charge in [-0.25, -0.2) is 0 Å². The second-order valence-corrected chi connectivity index (χ2v) is 4.12. The number of rotatable bonds is 9. The summed E-state index contributed by atoms with van der Waals surface area (Å²) < 4.78 is 0. The zero-order chi connectivity index (χ0) is 9.94. The predicted molar refractivity (Wildman–Crippen MR) is 61.7 cm³/mol. The number of unbranched alkanes of at least 4 members (excludes halogenated alkanes) is 4. The first-order valence-corrected chi connectivity index (χ1v) is 6.14. The van der Waals surface area contributed by atoms with Crippen LogP contribution >= 0.6 is 0 Å². The van der Waals surface area contributed by atoms with E-state index in [0.717, 1.165) is 12.3 Å². The topological polar surface area (TPSA) is 0 Å². The maximum atomic E-state index is 3.90. The van der Waals surface area contributed by atoms with Crippen molar-refractivity contribution in [3.8, 4) is 0 Å². The van der Waals surface area contributed by atoms with Gasteiger partial charge in [0.05, 0.1) is 0 Å². The zero-order valence-corrected chi connectivity index (χ0v) is 9.65. The maximum Gasteiger partial charge on any atom is -0.0417 e. The van der Waals surface area contributed by atoms with E-state index in [0.29, 0.717) is 0 Å². The third-order valence-electron chi connectivity index (χ3n) is 2.91. The Morgan fingerprint density at radius 1 is 0.923 bits per heavy atom. The maximum absolute atomic E-state index is 3.90. The Balaban J connectivity index is 3.25. The van der Waals surface area contributed by atoms with E-state index in [1.165, 1.54) is 51.4 Å². The molecule has 13 heavy (non-hydrogen) atoms. The van der Waals surface area contributed by atoms with Gasteiger partial charge in [-0.1, -0.05) is 78.6 Å². The molecule has 0 bridgehead atoms. The molecule has 0 saturated heterocycles. The first-order chi connectivity index (χ1) is 6.35. The highest BCUT2D eigenvalue weighted by Crippen LogP contribution is 2.19. The van der Waals surface area contributed by atoms with Gasteiger partial charge >= 0.3 is 0 Å². The van der Waals surface area contributed by atoms with Crippen molar-refractivity contribution in [3.63, 3.8) is 0 Å². The fraction of sp³-hybridized carbons (Fsp3) is 0.923. The van der Waals surface area contributed by atoms with Gasteiger partial charge in [0.2, 0.25) is 0 Å². The molecule has 0 aromatic rings. The van der Waals surface area contributed by atoms with Gasteiger partial charge in [0, 0.05) is 0 Å². The second kappa shape index (κ2) is 10.1. The van der Waals surface area contributed by atoms with Crippen LogP contribution in [0.4, 0.5) is 0 Å². The minimum Gasteiger partial charge on any atom is -0.0654 e. The molecule has 0 fully saturated rings. The Morgan fingerprint density at radius 3 is 2.15 bits per heavy atom. The van der Waals surface area contributed by atoms with Crippen molar-refractivity contribution in [1.29, 1.82) is 0 Å². The van der Waals surface area contributed by atoms with Crippen molar-refractivity contribution in [2.75, 3.05) is 0 Å². The summed E-state index contributed by atoms with van der Waals surface area (Å²) in [7, 11) is 0. The normalized spacial score (nSPS) is 13.2. The van der Waals surface area contributed by atoms with E-state index in [2.05, 4.69) is 20.8 Å². The van der Waals surface area contributed by atoms with Crippen LogP contribution in [0.1, 0.15) is 71.6 Å². The van der Waals surface area contributed by atoms with Crippen molar-refractivity contribution in [2.45, 2.75) is 71.6 Å². The summed E-state index contributed by atoms with van der Waals surface area (Å²) in [5, 5.41) is 0. The third kappa shape index (κ3) is 8.33. The van der Waals surface area contributed by atoms with E-state index < -0.39 is 0 Å². The molecule has 0 aromatic heterocycles. The Labute approximate surface area is 85.1 Å². The van der Waals surface area contributed by atoms with Gasteiger partial charge in [-0.05, 0) is 5.92 Å². The van der Waals surface area contributed by atoms with Crippen molar-refractivity contribution < 1.29 is 0 Å². The molecular weight excluding hydrogens is 156 g/mol. The summed E-state index contributed by atoms with van der Waals surface area (Å²) in [5.74, 6) is 0.985. The molecule has 0 aliphatic carbocycles. The summed E-state index contributed by atoms with van der Waals surface area (Å²) in [6.07, 6.45) is 12.3. The smallest absolute Gasteiger partial charge is 0.0417 e. The van der Waals surface area contributed by atoms with Crippen LogP contribution in [-0.2, 0) is 0 Å². The number of hydrogen-bond donors (Lipinski definition) is 0. The first-order valence-electron chi connectivity index (χ1n) is 6.14. The van der Waals surface area contributed by atoms with Crippen LogP contribution in [0.15, 0.2) is 0 Å². The molecule has 0 amide bonds. The van der Waals surface area contributed by atoms with Crippen LogP contribution < -0.4 is 0 Å². The highest BCUT2D eigenvalue weighted by molar-refractivity contribution is 4.58. The molecule has 0 heterocycles. The molecule has 0 saturated carbocycles. The zero-order valence-electron chi connectivity index (χ0n) is 9.65.